The second-order valence-corrected chi connectivity index (χ2v) is 8.14. The van der Waals surface area contributed by atoms with Gasteiger partial charge in [0.25, 0.3) is 6.43 Å². The number of nitriles is 1. The largest absolute Gasteiger partial charge is 0.389 e. The van der Waals surface area contributed by atoms with Crippen molar-refractivity contribution in [2.24, 2.45) is 0 Å². The second kappa shape index (κ2) is 8.73. The van der Waals surface area contributed by atoms with Gasteiger partial charge in [-0.2, -0.15) is 20.0 Å². The van der Waals surface area contributed by atoms with Gasteiger partial charge in [-0.05, 0) is 47.7 Å². The van der Waals surface area contributed by atoms with Gasteiger partial charge in [0.1, 0.15) is 23.1 Å². The standard InChI is InChI=1S/C24H20F2N8O/c1-14-19(10-15-3-4-17(9-16(15)5-6-27)33-8-2-7-29-33)24(32-12-18(35)13-32)34-23(30-14)20(11-28)21(31-34)22(25)26/h2-10,18,22,27,35H,12-13H2,1H3/b15-10+,16-5-,27-6?. The number of hydrogen-bond acceptors (Lipinski definition) is 7. The molecule has 0 spiro atoms. The number of halogens is 2. The first-order valence-electron chi connectivity index (χ1n) is 10.8. The summed E-state index contributed by atoms with van der Waals surface area (Å²) in [5.41, 5.74) is 1.10. The number of alkyl halides is 2. The minimum atomic E-state index is -2.93. The van der Waals surface area contributed by atoms with E-state index in [1.165, 1.54) is 10.7 Å². The van der Waals surface area contributed by atoms with Gasteiger partial charge >= 0.3 is 0 Å². The zero-order valence-corrected chi connectivity index (χ0v) is 18.6. The number of aliphatic hydroxyl groups excluding tert-OH is 1. The van der Waals surface area contributed by atoms with E-state index in [1.54, 1.807) is 23.9 Å². The Balaban J connectivity index is 1.79. The number of fused-ring (bicyclic) bond motifs is 1. The Bertz CT molecular complexity index is 1600. The zero-order valence-electron chi connectivity index (χ0n) is 18.6. The highest BCUT2D eigenvalue weighted by molar-refractivity contribution is 5.88. The number of anilines is 1. The Labute approximate surface area is 198 Å². The van der Waals surface area contributed by atoms with Crippen molar-refractivity contribution in [2.75, 3.05) is 18.0 Å². The molecule has 0 aliphatic carbocycles. The maximum absolute atomic E-state index is 13.6. The third kappa shape index (κ3) is 3.83. The summed E-state index contributed by atoms with van der Waals surface area (Å²) in [7, 11) is 0. The molecule has 1 aliphatic heterocycles. The van der Waals surface area contributed by atoms with Gasteiger partial charge in [0, 0.05) is 37.3 Å². The van der Waals surface area contributed by atoms with Gasteiger partial charge in [-0.25, -0.2) is 18.4 Å². The van der Waals surface area contributed by atoms with Crippen molar-refractivity contribution in [1.82, 2.24) is 24.4 Å². The summed E-state index contributed by atoms with van der Waals surface area (Å²) in [5.74, 6) is 0.471. The molecular formula is C24H20F2N8O. The van der Waals surface area contributed by atoms with E-state index in [0.717, 1.165) is 16.1 Å². The number of hydrogen-bond donors (Lipinski definition) is 2. The van der Waals surface area contributed by atoms with Gasteiger partial charge in [-0.1, -0.05) is 6.07 Å². The van der Waals surface area contributed by atoms with E-state index in [-0.39, 0.29) is 11.2 Å². The number of aryl methyl sites for hydroxylation is 1. The molecule has 0 radical (unpaired) electrons. The quantitative estimate of drug-likeness (QED) is 0.423. The molecule has 35 heavy (non-hydrogen) atoms. The molecule has 11 heteroatoms. The molecule has 5 rings (SSSR count). The molecule has 0 bridgehead atoms. The molecule has 4 aromatic rings. The summed E-state index contributed by atoms with van der Waals surface area (Å²) >= 11 is 0. The molecular weight excluding hydrogens is 454 g/mol. The SMILES string of the molecule is Cc1nc2c(C#N)c(C(F)F)nn2c(N2CC(O)C2)c1/C=c1\ccc(-n2cccn2)c\c1=C\C=N. The van der Waals surface area contributed by atoms with Gasteiger partial charge in [0.15, 0.2) is 5.65 Å². The normalized spacial score (nSPS) is 15.1. The van der Waals surface area contributed by atoms with Gasteiger partial charge in [-0.3, -0.25) is 0 Å². The van der Waals surface area contributed by atoms with E-state index in [1.807, 2.05) is 47.5 Å². The van der Waals surface area contributed by atoms with Crippen LogP contribution in [0, 0.1) is 23.7 Å². The van der Waals surface area contributed by atoms with Crippen LogP contribution in [0.2, 0.25) is 0 Å². The van der Waals surface area contributed by atoms with Crippen LogP contribution in [0.3, 0.4) is 0 Å². The Kier molecular flexibility index (Phi) is 5.58. The predicted octanol–water partition coefficient (Wildman–Crippen LogP) is 1.47. The molecule has 9 nitrogen and oxygen atoms in total. The molecule has 1 aliphatic rings. The molecule has 3 aromatic heterocycles. The van der Waals surface area contributed by atoms with E-state index in [4.69, 9.17) is 5.41 Å². The minimum Gasteiger partial charge on any atom is -0.389 e. The van der Waals surface area contributed by atoms with Crippen molar-refractivity contribution < 1.29 is 13.9 Å². The Morgan fingerprint density at radius 1 is 1.29 bits per heavy atom. The average Bonchev–Trinajstić information content (AvgIpc) is 3.47. The number of rotatable bonds is 5. The number of β-amino-alcohol motifs (C(OH)–C–C–N with tert-alkyl or cyclic N) is 1. The van der Waals surface area contributed by atoms with Gasteiger partial charge in [0.05, 0.1) is 17.5 Å². The van der Waals surface area contributed by atoms with Crippen LogP contribution >= 0.6 is 0 Å². The lowest BCUT2D eigenvalue weighted by molar-refractivity contribution is 0.139. The first-order valence-corrected chi connectivity index (χ1v) is 10.8. The number of nitrogens with one attached hydrogen (secondary N) is 1. The highest BCUT2D eigenvalue weighted by atomic mass is 19.3. The minimum absolute atomic E-state index is 0.0501. The number of aliphatic hydroxyl groups is 1. The van der Waals surface area contributed by atoms with Crippen molar-refractivity contribution in [3.05, 3.63) is 69.6 Å². The topological polar surface area (TPSA) is 119 Å². The molecule has 0 saturated carbocycles. The lowest BCUT2D eigenvalue weighted by Gasteiger charge is -2.38. The average molecular weight is 474 g/mol. The lowest BCUT2D eigenvalue weighted by atomic mass is 10.1. The van der Waals surface area contributed by atoms with Gasteiger partial charge < -0.3 is 15.4 Å². The maximum atomic E-state index is 13.6. The van der Waals surface area contributed by atoms with Crippen LogP contribution in [0.4, 0.5) is 14.6 Å². The van der Waals surface area contributed by atoms with Crippen molar-refractivity contribution in [1.29, 1.82) is 10.7 Å². The summed E-state index contributed by atoms with van der Waals surface area (Å²) in [6.07, 6.45) is 4.67. The van der Waals surface area contributed by atoms with E-state index in [0.29, 0.717) is 30.2 Å². The lowest BCUT2D eigenvalue weighted by Crippen LogP contribution is -2.52. The van der Waals surface area contributed by atoms with Crippen molar-refractivity contribution in [3.63, 3.8) is 0 Å². The Hall–Kier alpha value is -4.43. The molecule has 176 valence electrons. The fraction of sp³-hybridized carbons (Fsp3) is 0.208. The van der Waals surface area contributed by atoms with E-state index < -0.39 is 18.2 Å². The van der Waals surface area contributed by atoms with Crippen LogP contribution in [-0.2, 0) is 0 Å². The molecule has 2 N–H and O–H groups in total. The molecule has 1 aromatic carbocycles. The molecule has 1 saturated heterocycles. The van der Waals surface area contributed by atoms with Crippen LogP contribution in [0.15, 0.2) is 36.7 Å². The first kappa shape index (κ1) is 22.4. The summed E-state index contributed by atoms with van der Waals surface area (Å²) in [5, 5.41) is 36.8. The molecule has 0 atom stereocenters. The number of aromatic nitrogens is 5. The van der Waals surface area contributed by atoms with Crippen LogP contribution in [0.1, 0.15) is 28.9 Å². The van der Waals surface area contributed by atoms with E-state index in [2.05, 4.69) is 15.2 Å². The fourth-order valence-corrected chi connectivity index (χ4v) is 4.18. The van der Waals surface area contributed by atoms with Crippen LogP contribution in [0.25, 0.3) is 23.5 Å². The molecule has 0 amide bonds. The maximum Gasteiger partial charge on any atom is 0.283 e. The Morgan fingerprint density at radius 2 is 2.09 bits per heavy atom. The van der Waals surface area contributed by atoms with Crippen LogP contribution in [-0.4, -0.2) is 54.9 Å². The molecule has 0 unspecified atom stereocenters. The fourth-order valence-electron chi connectivity index (χ4n) is 4.18. The molecule has 1 fully saturated rings. The van der Waals surface area contributed by atoms with Crippen LogP contribution in [0.5, 0.6) is 0 Å². The summed E-state index contributed by atoms with van der Waals surface area (Å²) < 4.78 is 30.2. The predicted molar refractivity (Wildman–Crippen MR) is 125 cm³/mol. The van der Waals surface area contributed by atoms with Gasteiger partial charge in [-0.15, -0.1) is 0 Å². The smallest absolute Gasteiger partial charge is 0.283 e. The Morgan fingerprint density at radius 3 is 2.71 bits per heavy atom. The highest BCUT2D eigenvalue weighted by Crippen LogP contribution is 2.32. The van der Waals surface area contributed by atoms with Crippen LogP contribution < -0.4 is 15.3 Å². The van der Waals surface area contributed by atoms with E-state index in [9.17, 15) is 19.1 Å². The number of nitrogens with zero attached hydrogens (tertiary/aromatic N) is 7. The van der Waals surface area contributed by atoms with Crippen molar-refractivity contribution in [2.45, 2.75) is 19.5 Å². The zero-order chi connectivity index (χ0) is 24.7. The third-order valence-electron chi connectivity index (χ3n) is 5.88. The summed E-state index contributed by atoms with van der Waals surface area (Å²) in [6, 6.07) is 9.26. The third-order valence-corrected chi connectivity index (χ3v) is 5.88. The second-order valence-electron chi connectivity index (χ2n) is 8.14. The highest BCUT2D eigenvalue weighted by Gasteiger charge is 2.32. The van der Waals surface area contributed by atoms with E-state index >= 15 is 0 Å². The summed E-state index contributed by atoms with van der Waals surface area (Å²) in [4.78, 5) is 6.27. The van der Waals surface area contributed by atoms with Crippen molar-refractivity contribution >= 4 is 29.8 Å². The summed E-state index contributed by atoms with van der Waals surface area (Å²) in [6.45, 7) is 2.32. The van der Waals surface area contributed by atoms with Gasteiger partial charge in [0.2, 0.25) is 0 Å². The monoisotopic (exact) mass is 474 g/mol. The number of benzene rings is 1. The molecule has 4 heterocycles. The first-order chi connectivity index (χ1) is 16.9. The van der Waals surface area contributed by atoms with Crippen molar-refractivity contribution in [3.8, 4) is 11.8 Å².